The Balaban J connectivity index is 2.42. The Labute approximate surface area is 103 Å². The van der Waals surface area contributed by atoms with E-state index >= 15 is 0 Å². The molecule has 0 aliphatic rings. The average Bonchev–Trinajstić information content (AvgIpc) is 2.47. The number of carbonyl (C=O) groups is 1. The third-order valence-corrected chi connectivity index (χ3v) is 2.38. The smallest absolute Gasteiger partial charge is 0.306 e. The van der Waals surface area contributed by atoms with Gasteiger partial charge in [-0.05, 0) is 19.3 Å². The molecule has 96 valence electrons. The summed E-state index contributed by atoms with van der Waals surface area (Å²) in [4.78, 5) is 15.8. The Bertz CT molecular complexity index is 377. The predicted molar refractivity (Wildman–Crippen MR) is 66.6 cm³/mol. The fourth-order valence-electron chi connectivity index (χ4n) is 1.61. The summed E-state index contributed by atoms with van der Waals surface area (Å²) in [6.45, 7) is 10.6. The van der Waals surface area contributed by atoms with Gasteiger partial charge in [-0.15, -0.1) is 0 Å². The van der Waals surface area contributed by atoms with Gasteiger partial charge in [0.2, 0.25) is 0 Å². The normalized spacial score (nSPS) is 13.5. The van der Waals surface area contributed by atoms with E-state index < -0.39 is 0 Å². The van der Waals surface area contributed by atoms with Crippen molar-refractivity contribution in [2.24, 2.45) is 5.41 Å². The molecule has 1 atom stereocenters. The van der Waals surface area contributed by atoms with Crippen molar-refractivity contribution < 1.29 is 9.53 Å². The Morgan fingerprint density at radius 3 is 2.65 bits per heavy atom. The van der Waals surface area contributed by atoms with Crippen LogP contribution in [0.5, 0.6) is 0 Å². The highest BCUT2D eigenvalue weighted by molar-refractivity contribution is 5.70. The third kappa shape index (κ3) is 5.02. The number of hydrogen-bond acceptors (Lipinski definition) is 3. The number of hydrogen-bond donors (Lipinski definition) is 0. The van der Waals surface area contributed by atoms with Gasteiger partial charge in [-0.25, -0.2) is 4.98 Å². The molecule has 0 aromatic carbocycles. The van der Waals surface area contributed by atoms with Crippen LogP contribution in [0.4, 0.5) is 0 Å². The molecule has 0 N–H and O–H groups in total. The molecule has 1 aromatic rings. The second kappa shape index (κ2) is 5.34. The molecule has 17 heavy (non-hydrogen) atoms. The van der Waals surface area contributed by atoms with Crippen LogP contribution >= 0.6 is 0 Å². The fourth-order valence-corrected chi connectivity index (χ4v) is 1.61. The van der Waals surface area contributed by atoms with Gasteiger partial charge in [0, 0.05) is 12.4 Å². The third-order valence-electron chi connectivity index (χ3n) is 2.38. The zero-order chi connectivity index (χ0) is 13.1. The largest absolute Gasteiger partial charge is 0.461 e. The molecule has 0 aliphatic carbocycles. The van der Waals surface area contributed by atoms with E-state index in [1.807, 2.05) is 45.4 Å². The minimum atomic E-state index is -0.136. The lowest BCUT2D eigenvalue weighted by Crippen LogP contribution is -2.23. The summed E-state index contributed by atoms with van der Waals surface area (Å²) >= 11 is 0. The summed E-state index contributed by atoms with van der Waals surface area (Å²) in [7, 11) is 0. The highest BCUT2D eigenvalue weighted by Crippen LogP contribution is 2.19. The Hall–Kier alpha value is -1.32. The molecule has 1 aromatic heterocycles. The summed E-state index contributed by atoms with van der Waals surface area (Å²) in [5.41, 5.74) is -0.0261. The van der Waals surface area contributed by atoms with E-state index in [1.54, 1.807) is 6.20 Å². The van der Waals surface area contributed by atoms with Gasteiger partial charge in [0.1, 0.15) is 11.9 Å². The van der Waals surface area contributed by atoms with E-state index in [1.165, 1.54) is 0 Å². The zero-order valence-electron chi connectivity index (χ0n) is 11.4. The van der Waals surface area contributed by atoms with Gasteiger partial charge in [-0.2, -0.15) is 0 Å². The van der Waals surface area contributed by atoms with E-state index in [9.17, 15) is 4.79 Å². The number of rotatable bonds is 4. The summed E-state index contributed by atoms with van der Waals surface area (Å²) in [6, 6.07) is 0. The molecule has 0 fully saturated rings. The maximum Gasteiger partial charge on any atom is 0.306 e. The molecule has 0 aliphatic heterocycles. The SMILES string of the molecule is Cc1nccn1C[C@@H](C)OC(=O)CC(C)(C)C. The van der Waals surface area contributed by atoms with Crippen molar-refractivity contribution in [1.82, 2.24) is 9.55 Å². The summed E-state index contributed by atoms with van der Waals surface area (Å²) in [6.07, 6.45) is 3.96. The van der Waals surface area contributed by atoms with Crippen LogP contribution in [0.1, 0.15) is 39.9 Å². The Morgan fingerprint density at radius 2 is 2.18 bits per heavy atom. The second-order valence-corrected chi connectivity index (χ2v) is 5.66. The minimum absolute atomic E-state index is 0.0261. The van der Waals surface area contributed by atoms with Gasteiger partial charge in [-0.3, -0.25) is 4.79 Å². The number of esters is 1. The van der Waals surface area contributed by atoms with Gasteiger partial charge in [0.25, 0.3) is 0 Å². The first kappa shape index (κ1) is 13.7. The molecule has 0 radical (unpaired) electrons. The minimum Gasteiger partial charge on any atom is -0.461 e. The lowest BCUT2D eigenvalue weighted by atomic mass is 9.92. The van der Waals surface area contributed by atoms with E-state index in [4.69, 9.17) is 4.74 Å². The van der Waals surface area contributed by atoms with Crippen LogP contribution in [0.2, 0.25) is 0 Å². The molecule has 0 spiro atoms. The maximum absolute atomic E-state index is 11.6. The van der Waals surface area contributed by atoms with Crippen molar-refractivity contribution in [3.8, 4) is 0 Å². The van der Waals surface area contributed by atoms with E-state index in [2.05, 4.69) is 4.98 Å². The topological polar surface area (TPSA) is 44.1 Å². The number of aromatic nitrogens is 2. The highest BCUT2D eigenvalue weighted by atomic mass is 16.5. The molecular weight excluding hydrogens is 216 g/mol. The predicted octanol–water partition coefficient (Wildman–Crippen LogP) is 2.56. The molecule has 0 saturated heterocycles. The lowest BCUT2D eigenvalue weighted by Gasteiger charge is -2.20. The van der Waals surface area contributed by atoms with Crippen molar-refractivity contribution in [1.29, 1.82) is 0 Å². The van der Waals surface area contributed by atoms with E-state index in [-0.39, 0.29) is 17.5 Å². The Morgan fingerprint density at radius 1 is 1.53 bits per heavy atom. The molecule has 4 heteroatoms. The van der Waals surface area contributed by atoms with Gasteiger partial charge in [-0.1, -0.05) is 20.8 Å². The van der Waals surface area contributed by atoms with Crippen LogP contribution in [-0.4, -0.2) is 21.6 Å². The fraction of sp³-hybridized carbons (Fsp3) is 0.692. The van der Waals surface area contributed by atoms with Crippen molar-refractivity contribution in [3.63, 3.8) is 0 Å². The average molecular weight is 238 g/mol. The molecular formula is C13H22N2O2. The quantitative estimate of drug-likeness (QED) is 0.757. The first-order chi connectivity index (χ1) is 7.78. The van der Waals surface area contributed by atoms with Gasteiger partial charge < -0.3 is 9.30 Å². The number of carbonyl (C=O) groups excluding carboxylic acids is 1. The van der Waals surface area contributed by atoms with Gasteiger partial charge in [0.05, 0.1) is 13.0 Å². The van der Waals surface area contributed by atoms with Crippen LogP contribution in [0.25, 0.3) is 0 Å². The lowest BCUT2D eigenvalue weighted by molar-refractivity contribution is -0.150. The number of aryl methyl sites for hydroxylation is 1. The standard InChI is InChI=1S/C13H22N2O2/c1-10(9-15-7-6-14-11(15)2)17-12(16)8-13(3,4)5/h6-7,10H,8-9H2,1-5H3/t10-/m1/s1. The summed E-state index contributed by atoms with van der Waals surface area (Å²) in [5.74, 6) is 0.798. The van der Waals surface area contributed by atoms with Crippen LogP contribution < -0.4 is 0 Å². The molecule has 4 nitrogen and oxygen atoms in total. The molecule has 0 amide bonds. The monoisotopic (exact) mass is 238 g/mol. The van der Waals surface area contributed by atoms with Crippen molar-refractivity contribution in [2.75, 3.05) is 0 Å². The molecule has 0 saturated carbocycles. The van der Waals surface area contributed by atoms with Crippen molar-refractivity contribution in [3.05, 3.63) is 18.2 Å². The van der Waals surface area contributed by atoms with Gasteiger partial charge >= 0.3 is 5.97 Å². The molecule has 1 heterocycles. The highest BCUT2D eigenvalue weighted by Gasteiger charge is 2.19. The first-order valence-corrected chi connectivity index (χ1v) is 5.95. The first-order valence-electron chi connectivity index (χ1n) is 5.95. The van der Waals surface area contributed by atoms with Gasteiger partial charge in [0.15, 0.2) is 0 Å². The zero-order valence-corrected chi connectivity index (χ0v) is 11.4. The summed E-state index contributed by atoms with van der Waals surface area (Å²) in [5, 5.41) is 0. The van der Waals surface area contributed by atoms with E-state index in [0.717, 1.165) is 5.82 Å². The number of ether oxygens (including phenoxy) is 1. The van der Waals surface area contributed by atoms with E-state index in [0.29, 0.717) is 13.0 Å². The molecule has 1 rings (SSSR count). The van der Waals surface area contributed by atoms with Crippen LogP contribution in [0.15, 0.2) is 12.4 Å². The van der Waals surface area contributed by atoms with Crippen molar-refractivity contribution in [2.45, 2.75) is 53.7 Å². The van der Waals surface area contributed by atoms with Crippen LogP contribution in [0, 0.1) is 12.3 Å². The molecule has 0 unspecified atom stereocenters. The summed E-state index contributed by atoms with van der Waals surface area (Å²) < 4.78 is 7.35. The van der Waals surface area contributed by atoms with Crippen LogP contribution in [-0.2, 0) is 16.1 Å². The van der Waals surface area contributed by atoms with Crippen molar-refractivity contribution >= 4 is 5.97 Å². The maximum atomic E-state index is 11.6. The molecule has 0 bridgehead atoms. The Kier molecular flexibility index (Phi) is 4.32. The number of nitrogens with zero attached hydrogens (tertiary/aromatic N) is 2. The second-order valence-electron chi connectivity index (χ2n) is 5.66. The van der Waals surface area contributed by atoms with Crippen LogP contribution in [0.3, 0.4) is 0 Å². The number of imidazole rings is 1.